The summed E-state index contributed by atoms with van der Waals surface area (Å²) >= 11 is 0. The smallest absolute Gasteiger partial charge is 0.257 e. The van der Waals surface area contributed by atoms with E-state index in [1.165, 1.54) is 12.4 Å². The van der Waals surface area contributed by atoms with Gasteiger partial charge in [0.25, 0.3) is 5.91 Å². The highest BCUT2D eigenvalue weighted by Crippen LogP contribution is 2.36. The van der Waals surface area contributed by atoms with Crippen LogP contribution in [0.5, 0.6) is 0 Å². The first-order valence-corrected chi connectivity index (χ1v) is 8.93. The molecule has 2 aliphatic rings. The Morgan fingerprint density at radius 1 is 1.12 bits per heavy atom. The van der Waals surface area contributed by atoms with E-state index in [9.17, 15) is 9.59 Å². The van der Waals surface area contributed by atoms with Gasteiger partial charge in [-0.05, 0) is 37.8 Å². The molecule has 1 aromatic heterocycles. The predicted molar refractivity (Wildman–Crippen MR) is 97.0 cm³/mol. The third kappa shape index (κ3) is 2.89. The summed E-state index contributed by atoms with van der Waals surface area (Å²) in [5.41, 5.74) is 0.586. The van der Waals surface area contributed by atoms with Crippen LogP contribution in [-0.4, -0.2) is 45.3 Å². The minimum Gasteiger partial charge on any atom is -0.354 e. The Morgan fingerprint density at radius 3 is 2.58 bits per heavy atom. The molecule has 2 aromatic rings. The average Bonchev–Trinajstić information content (AvgIpc) is 3.10. The largest absolute Gasteiger partial charge is 0.354 e. The third-order valence-electron chi connectivity index (χ3n) is 5.14. The molecule has 0 saturated carbocycles. The predicted octanol–water partition coefficient (Wildman–Crippen LogP) is 2.10. The molecule has 1 spiro atoms. The average molecular weight is 351 g/mol. The Morgan fingerprint density at radius 2 is 1.85 bits per heavy atom. The van der Waals surface area contributed by atoms with Gasteiger partial charge >= 0.3 is 0 Å². The lowest BCUT2D eigenvalue weighted by Crippen LogP contribution is -2.60. The number of rotatable bonds is 3. The normalized spacial score (nSPS) is 22.3. The van der Waals surface area contributed by atoms with Crippen molar-refractivity contribution in [3.8, 4) is 0 Å². The number of nitrogens with one attached hydrogen (secondary N) is 2. The Labute approximate surface area is 151 Å². The fourth-order valence-electron chi connectivity index (χ4n) is 3.84. The molecule has 2 amide bonds. The van der Waals surface area contributed by atoms with Gasteiger partial charge < -0.3 is 15.5 Å². The van der Waals surface area contributed by atoms with Gasteiger partial charge in [-0.25, -0.2) is 9.97 Å². The van der Waals surface area contributed by atoms with Crippen LogP contribution in [0.25, 0.3) is 0 Å². The number of aromatic nitrogens is 2. The lowest BCUT2D eigenvalue weighted by molar-refractivity contribution is -0.133. The summed E-state index contributed by atoms with van der Waals surface area (Å²) in [6.45, 7) is 1.28. The molecular weight excluding hydrogens is 330 g/mol. The molecule has 0 bridgehead atoms. The molecule has 2 saturated heterocycles. The van der Waals surface area contributed by atoms with Crippen molar-refractivity contribution in [1.82, 2.24) is 20.2 Å². The maximum Gasteiger partial charge on any atom is 0.257 e. The maximum atomic E-state index is 13.0. The number of piperidine rings is 1. The Balaban J connectivity index is 1.52. The Kier molecular flexibility index (Phi) is 4.28. The highest BCUT2D eigenvalue weighted by molar-refractivity contribution is 5.99. The molecule has 2 aliphatic heterocycles. The fraction of sp³-hybridized carbons (Fsp3) is 0.368. The summed E-state index contributed by atoms with van der Waals surface area (Å²) in [6.07, 6.45) is 6.22. The summed E-state index contributed by atoms with van der Waals surface area (Å²) in [5.74, 6) is 0.225. The summed E-state index contributed by atoms with van der Waals surface area (Å²) in [5, 5.41) is 6.01. The van der Waals surface area contributed by atoms with Crippen LogP contribution in [0.1, 0.15) is 36.0 Å². The lowest BCUT2D eigenvalue weighted by atomic mass is 9.86. The minimum absolute atomic E-state index is 0.0297. The first-order chi connectivity index (χ1) is 12.7. The number of para-hydroxylation sites is 1. The second-order valence-electron chi connectivity index (χ2n) is 6.74. The molecule has 0 aliphatic carbocycles. The summed E-state index contributed by atoms with van der Waals surface area (Å²) in [7, 11) is 0. The van der Waals surface area contributed by atoms with Gasteiger partial charge in [-0.3, -0.25) is 9.59 Å². The molecule has 7 nitrogen and oxygen atoms in total. The fourth-order valence-corrected chi connectivity index (χ4v) is 3.84. The van der Waals surface area contributed by atoms with Crippen LogP contribution in [-0.2, 0) is 4.79 Å². The highest BCUT2D eigenvalue weighted by Gasteiger charge is 2.50. The Bertz CT molecular complexity index is 808. The molecule has 4 rings (SSSR count). The lowest BCUT2D eigenvalue weighted by Gasteiger charge is -2.40. The molecule has 26 heavy (non-hydrogen) atoms. The number of benzene rings is 1. The van der Waals surface area contributed by atoms with Crippen molar-refractivity contribution in [2.45, 2.75) is 31.2 Å². The number of anilines is 2. The number of nitrogens with zero attached hydrogens (tertiary/aromatic N) is 3. The van der Waals surface area contributed by atoms with Crippen molar-refractivity contribution < 1.29 is 9.59 Å². The van der Waals surface area contributed by atoms with E-state index in [0.717, 1.165) is 31.4 Å². The number of amides is 2. The van der Waals surface area contributed by atoms with Crippen LogP contribution in [0, 0.1) is 0 Å². The van der Waals surface area contributed by atoms with Crippen molar-refractivity contribution >= 4 is 23.5 Å². The standard InChI is InChI=1S/C19H21N5O2/c25-16(24-11-5-9-19(24)8-4-10-20-17(19)26)14-12-21-18(22-13-14)23-15-6-2-1-3-7-15/h1-3,6-7,12-13H,4-5,8-11H2,(H,20,26)(H,21,22,23). The van der Waals surface area contributed by atoms with Crippen LogP contribution in [0.15, 0.2) is 42.7 Å². The molecular formula is C19H21N5O2. The van der Waals surface area contributed by atoms with Crippen LogP contribution in [0.3, 0.4) is 0 Å². The van der Waals surface area contributed by atoms with E-state index in [1.54, 1.807) is 4.90 Å². The third-order valence-corrected chi connectivity index (χ3v) is 5.14. The Hall–Kier alpha value is -2.96. The monoisotopic (exact) mass is 351 g/mol. The van der Waals surface area contributed by atoms with Crippen molar-refractivity contribution in [2.24, 2.45) is 0 Å². The van der Waals surface area contributed by atoms with E-state index >= 15 is 0 Å². The summed E-state index contributed by atoms with van der Waals surface area (Å²) < 4.78 is 0. The van der Waals surface area contributed by atoms with Gasteiger partial charge in [0, 0.05) is 31.2 Å². The minimum atomic E-state index is -0.698. The summed E-state index contributed by atoms with van der Waals surface area (Å²) in [4.78, 5) is 35.7. The SMILES string of the molecule is O=C(c1cnc(Nc2ccccc2)nc1)N1CCCC12CCCNC2=O. The van der Waals surface area contributed by atoms with Crippen LogP contribution < -0.4 is 10.6 Å². The molecule has 7 heteroatoms. The molecule has 1 unspecified atom stereocenters. The number of likely N-dealkylation sites (tertiary alicyclic amines) is 1. The van der Waals surface area contributed by atoms with Crippen LogP contribution >= 0.6 is 0 Å². The second-order valence-corrected chi connectivity index (χ2v) is 6.74. The molecule has 2 N–H and O–H groups in total. The second kappa shape index (κ2) is 6.74. The molecule has 0 radical (unpaired) electrons. The zero-order valence-electron chi connectivity index (χ0n) is 14.4. The van der Waals surface area contributed by atoms with E-state index < -0.39 is 5.54 Å². The topological polar surface area (TPSA) is 87.2 Å². The van der Waals surface area contributed by atoms with Crippen molar-refractivity contribution in [1.29, 1.82) is 0 Å². The van der Waals surface area contributed by atoms with E-state index in [1.807, 2.05) is 30.3 Å². The van der Waals surface area contributed by atoms with Gasteiger partial charge in [0.15, 0.2) is 0 Å². The number of hydrogen-bond donors (Lipinski definition) is 2. The quantitative estimate of drug-likeness (QED) is 0.884. The maximum absolute atomic E-state index is 13.0. The summed E-state index contributed by atoms with van der Waals surface area (Å²) in [6, 6.07) is 9.60. The van der Waals surface area contributed by atoms with Crippen molar-refractivity contribution in [3.05, 3.63) is 48.3 Å². The molecule has 2 fully saturated rings. The van der Waals surface area contributed by atoms with Gasteiger partial charge in [-0.1, -0.05) is 18.2 Å². The first kappa shape index (κ1) is 16.5. The molecule has 1 aromatic carbocycles. The number of hydrogen-bond acceptors (Lipinski definition) is 5. The number of carbonyl (C=O) groups is 2. The van der Waals surface area contributed by atoms with Crippen LogP contribution in [0.2, 0.25) is 0 Å². The van der Waals surface area contributed by atoms with Gasteiger partial charge in [-0.15, -0.1) is 0 Å². The molecule has 1 atom stereocenters. The van der Waals surface area contributed by atoms with E-state index in [2.05, 4.69) is 20.6 Å². The van der Waals surface area contributed by atoms with Crippen LogP contribution in [0.4, 0.5) is 11.6 Å². The first-order valence-electron chi connectivity index (χ1n) is 8.93. The van der Waals surface area contributed by atoms with Gasteiger partial charge in [0.1, 0.15) is 5.54 Å². The number of carbonyl (C=O) groups excluding carboxylic acids is 2. The highest BCUT2D eigenvalue weighted by atomic mass is 16.2. The van der Waals surface area contributed by atoms with Gasteiger partial charge in [-0.2, -0.15) is 0 Å². The molecule has 3 heterocycles. The zero-order chi connectivity index (χ0) is 18.0. The van der Waals surface area contributed by atoms with E-state index in [0.29, 0.717) is 24.6 Å². The van der Waals surface area contributed by atoms with E-state index in [-0.39, 0.29) is 11.8 Å². The van der Waals surface area contributed by atoms with Gasteiger partial charge in [0.2, 0.25) is 11.9 Å². The molecule has 134 valence electrons. The van der Waals surface area contributed by atoms with Gasteiger partial charge in [0.05, 0.1) is 5.56 Å². The van der Waals surface area contributed by atoms with Crippen molar-refractivity contribution in [2.75, 3.05) is 18.4 Å². The zero-order valence-corrected chi connectivity index (χ0v) is 14.4. The van der Waals surface area contributed by atoms with Crippen molar-refractivity contribution in [3.63, 3.8) is 0 Å². The van der Waals surface area contributed by atoms with E-state index in [4.69, 9.17) is 0 Å².